The van der Waals surface area contributed by atoms with E-state index in [1.54, 1.807) is 37.2 Å². The van der Waals surface area contributed by atoms with Crippen LogP contribution >= 0.6 is 0 Å². The molecule has 4 atom stereocenters. The van der Waals surface area contributed by atoms with E-state index in [2.05, 4.69) is 11.8 Å². The minimum Gasteiger partial charge on any atom is -0.511 e. The minimum atomic E-state index is -1.25. The lowest BCUT2D eigenvalue weighted by Crippen LogP contribution is -2.53. The summed E-state index contributed by atoms with van der Waals surface area (Å²) in [4.78, 5) is 43.6. The standard InChI is InChI=1S/C34H38FN3O6/c1-16-8-10-38(11-9-16)15-17-4-6-23(35)20(12-17)19-5-7-24(39)26-21(19)13-18-14-22-27(31(41)25(18)30(26)40)32(42)28(34(36)44)33(43)29(22)37(2)3/h4-7,12,16,18,22,27,29,39,41,43H,8-11,13-15H2,1-3H3,(H2,36,44)/t18?,22?,27?,29-/m0/s1. The highest BCUT2D eigenvalue weighted by atomic mass is 19.1. The number of primary amides is 1. The van der Waals surface area contributed by atoms with Gasteiger partial charge in [0.25, 0.3) is 5.91 Å². The largest absolute Gasteiger partial charge is 0.511 e. The van der Waals surface area contributed by atoms with Crippen LogP contribution in [0.15, 0.2) is 53.0 Å². The summed E-state index contributed by atoms with van der Waals surface area (Å²) in [5.41, 5.74) is 7.05. The van der Waals surface area contributed by atoms with Crippen molar-refractivity contribution in [2.45, 2.75) is 45.2 Å². The number of hydrogen-bond acceptors (Lipinski definition) is 8. The molecule has 9 nitrogen and oxygen atoms in total. The van der Waals surface area contributed by atoms with Crippen LogP contribution < -0.4 is 5.73 Å². The summed E-state index contributed by atoms with van der Waals surface area (Å²) in [5.74, 6) is -6.05. The number of aliphatic hydroxyl groups excluding tert-OH is 2. The number of phenols is 1. The van der Waals surface area contributed by atoms with Crippen LogP contribution in [-0.4, -0.2) is 75.8 Å². The summed E-state index contributed by atoms with van der Waals surface area (Å²) in [7, 11) is 3.36. The molecule has 1 heterocycles. The van der Waals surface area contributed by atoms with Crippen LogP contribution in [0.2, 0.25) is 0 Å². The fourth-order valence-corrected chi connectivity index (χ4v) is 7.88. The van der Waals surface area contributed by atoms with Gasteiger partial charge in [-0.15, -0.1) is 0 Å². The number of nitrogens with zero attached hydrogens (tertiary/aromatic N) is 2. The number of carbonyl (C=O) groups excluding carboxylic acids is 3. The van der Waals surface area contributed by atoms with Crippen molar-refractivity contribution in [3.8, 4) is 16.9 Å². The van der Waals surface area contributed by atoms with Gasteiger partial charge in [-0.2, -0.15) is 0 Å². The molecular formula is C34H38FN3O6. The molecule has 232 valence electrons. The van der Waals surface area contributed by atoms with Crippen LogP contribution in [0.1, 0.15) is 47.7 Å². The van der Waals surface area contributed by atoms with Gasteiger partial charge in [-0.1, -0.05) is 19.1 Å². The third kappa shape index (κ3) is 4.80. The van der Waals surface area contributed by atoms with Gasteiger partial charge in [-0.25, -0.2) is 4.39 Å². The molecule has 44 heavy (non-hydrogen) atoms. The fraction of sp³-hybridized carbons (Fsp3) is 0.441. The van der Waals surface area contributed by atoms with Crippen molar-refractivity contribution in [1.29, 1.82) is 0 Å². The van der Waals surface area contributed by atoms with Gasteiger partial charge in [0, 0.05) is 17.7 Å². The molecule has 1 amide bonds. The first-order chi connectivity index (χ1) is 20.9. The Morgan fingerprint density at radius 1 is 1.05 bits per heavy atom. The number of phenolic OH excluding ortho intramolecular Hbond substituents is 1. The second-order valence-corrected chi connectivity index (χ2v) is 13.1. The van der Waals surface area contributed by atoms with Crippen LogP contribution in [0.5, 0.6) is 5.75 Å². The summed E-state index contributed by atoms with van der Waals surface area (Å²) in [6.45, 7) is 4.87. The second-order valence-electron chi connectivity index (χ2n) is 13.1. The molecule has 10 heteroatoms. The molecule has 2 aromatic carbocycles. The van der Waals surface area contributed by atoms with E-state index in [1.165, 1.54) is 12.1 Å². The van der Waals surface area contributed by atoms with Gasteiger partial charge < -0.3 is 21.1 Å². The summed E-state index contributed by atoms with van der Waals surface area (Å²) in [6, 6.07) is 7.18. The molecule has 0 spiro atoms. The Kier molecular flexibility index (Phi) is 7.62. The summed E-state index contributed by atoms with van der Waals surface area (Å²) in [6.07, 6.45) is 2.66. The number of ketones is 2. The molecular weight excluding hydrogens is 565 g/mol. The van der Waals surface area contributed by atoms with Crippen LogP contribution in [0, 0.1) is 29.5 Å². The molecule has 1 aliphatic heterocycles. The van der Waals surface area contributed by atoms with Crippen molar-refractivity contribution in [1.82, 2.24) is 9.80 Å². The lowest BCUT2D eigenvalue weighted by atomic mass is 9.60. The van der Waals surface area contributed by atoms with E-state index in [0.29, 0.717) is 29.2 Å². The smallest absolute Gasteiger partial charge is 0.255 e. The number of fused-ring (bicyclic) bond motifs is 3. The first-order valence-electron chi connectivity index (χ1n) is 15.2. The Hall–Kier alpha value is -4.02. The molecule has 3 aliphatic carbocycles. The molecule has 5 N–H and O–H groups in total. The Labute approximate surface area is 255 Å². The molecule has 0 aromatic heterocycles. The molecule has 2 aromatic rings. The highest BCUT2D eigenvalue weighted by molar-refractivity contribution is 6.22. The van der Waals surface area contributed by atoms with Crippen molar-refractivity contribution in [2.24, 2.45) is 29.4 Å². The van der Waals surface area contributed by atoms with Crippen molar-refractivity contribution in [2.75, 3.05) is 27.2 Å². The van der Waals surface area contributed by atoms with E-state index in [9.17, 15) is 29.7 Å². The predicted molar refractivity (Wildman–Crippen MR) is 161 cm³/mol. The van der Waals surface area contributed by atoms with Gasteiger partial charge in [-0.05, 0) is 106 Å². The summed E-state index contributed by atoms with van der Waals surface area (Å²) < 4.78 is 15.5. The maximum absolute atomic E-state index is 15.5. The number of Topliss-reactive ketones (excluding diaryl/α,β-unsaturated/α-hetero) is 2. The third-order valence-corrected chi connectivity index (χ3v) is 10.1. The van der Waals surface area contributed by atoms with Crippen molar-refractivity contribution in [3.05, 3.63) is 75.5 Å². The molecule has 4 aliphatic rings. The maximum atomic E-state index is 15.5. The van der Waals surface area contributed by atoms with E-state index in [1.807, 2.05) is 0 Å². The van der Waals surface area contributed by atoms with E-state index >= 15 is 4.39 Å². The summed E-state index contributed by atoms with van der Waals surface area (Å²) >= 11 is 0. The first-order valence-corrected chi connectivity index (χ1v) is 15.2. The Morgan fingerprint density at radius 3 is 2.41 bits per heavy atom. The molecule has 0 saturated carbocycles. The lowest BCUT2D eigenvalue weighted by molar-refractivity contribution is -0.127. The number of likely N-dealkylation sites (N-methyl/N-ethyl adjacent to an activating group) is 1. The molecule has 6 rings (SSSR count). The lowest BCUT2D eigenvalue weighted by Gasteiger charge is -2.46. The zero-order chi connectivity index (χ0) is 31.6. The number of rotatable bonds is 5. The number of halogens is 1. The van der Waals surface area contributed by atoms with Crippen LogP contribution in [0.3, 0.4) is 0 Å². The number of amides is 1. The molecule has 0 radical (unpaired) electrons. The number of benzene rings is 2. The van der Waals surface area contributed by atoms with Crippen LogP contribution in [-0.2, 0) is 22.6 Å². The van der Waals surface area contributed by atoms with Crippen LogP contribution in [0.4, 0.5) is 4.39 Å². The fourth-order valence-electron chi connectivity index (χ4n) is 7.88. The van der Waals surface area contributed by atoms with E-state index in [4.69, 9.17) is 5.73 Å². The number of piperidine rings is 1. The Balaban J connectivity index is 1.42. The van der Waals surface area contributed by atoms with Crippen molar-refractivity contribution >= 4 is 17.5 Å². The van der Waals surface area contributed by atoms with Crippen molar-refractivity contribution in [3.63, 3.8) is 0 Å². The SMILES string of the molecule is CC1CCN(Cc2ccc(F)c(-c3ccc(O)c4c3CC3CC5C(C(=O)C(C(N)=O)=C(O)[C@H]5N(C)C)C(O)=C3C4=O)c2)CC1. The Morgan fingerprint density at radius 2 is 1.75 bits per heavy atom. The number of aromatic hydroxyl groups is 1. The quantitative estimate of drug-likeness (QED) is 0.375. The van der Waals surface area contributed by atoms with Gasteiger partial charge >= 0.3 is 0 Å². The number of carbonyl (C=O) groups is 3. The Bertz CT molecular complexity index is 1640. The second kappa shape index (κ2) is 11.2. The van der Waals surface area contributed by atoms with Gasteiger partial charge in [0.2, 0.25) is 0 Å². The van der Waals surface area contributed by atoms with Gasteiger partial charge in [0.15, 0.2) is 11.6 Å². The predicted octanol–water partition coefficient (Wildman–Crippen LogP) is 4.04. The van der Waals surface area contributed by atoms with Crippen LogP contribution in [0.25, 0.3) is 11.1 Å². The molecule has 1 saturated heterocycles. The minimum absolute atomic E-state index is 0.00387. The molecule has 1 fully saturated rings. The monoisotopic (exact) mass is 603 g/mol. The number of hydrogen-bond donors (Lipinski definition) is 4. The highest BCUT2D eigenvalue weighted by Crippen LogP contribution is 2.51. The van der Waals surface area contributed by atoms with E-state index in [0.717, 1.165) is 31.5 Å². The third-order valence-electron chi connectivity index (χ3n) is 10.1. The number of aliphatic hydroxyl groups is 2. The average molecular weight is 604 g/mol. The van der Waals surface area contributed by atoms with E-state index in [-0.39, 0.29) is 29.7 Å². The molecule has 3 unspecified atom stereocenters. The molecule has 0 bridgehead atoms. The van der Waals surface area contributed by atoms with Gasteiger partial charge in [0.05, 0.1) is 17.5 Å². The topological polar surface area (TPSA) is 144 Å². The number of likely N-dealkylation sites (tertiary alicyclic amines) is 1. The number of nitrogens with two attached hydrogens (primary N) is 1. The maximum Gasteiger partial charge on any atom is 0.255 e. The highest BCUT2D eigenvalue weighted by Gasteiger charge is 2.54. The summed E-state index contributed by atoms with van der Waals surface area (Å²) in [5, 5.41) is 33.3. The number of allylic oxidation sites excluding steroid dienone is 2. The zero-order valence-corrected chi connectivity index (χ0v) is 25.1. The average Bonchev–Trinajstić information content (AvgIpc) is 2.95. The van der Waals surface area contributed by atoms with E-state index < -0.39 is 64.2 Å². The van der Waals surface area contributed by atoms with Crippen molar-refractivity contribution < 1.29 is 34.1 Å². The zero-order valence-electron chi connectivity index (χ0n) is 25.1. The van der Waals surface area contributed by atoms with Gasteiger partial charge in [0.1, 0.15) is 28.7 Å². The van der Waals surface area contributed by atoms with Gasteiger partial charge in [-0.3, -0.25) is 24.2 Å². The first kappa shape index (κ1) is 30.0. The normalized spacial score (nSPS) is 26.1.